The molecule has 4 nitrogen and oxygen atoms in total. The molecule has 1 aromatic carbocycles. The third-order valence-electron chi connectivity index (χ3n) is 3.99. The van der Waals surface area contributed by atoms with Crippen molar-refractivity contribution in [2.45, 2.75) is 38.6 Å². The van der Waals surface area contributed by atoms with E-state index in [1.165, 1.54) is 26.0 Å². The van der Waals surface area contributed by atoms with Crippen molar-refractivity contribution in [2.24, 2.45) is 5.92 Å². The van der Waals surface area contributed by atoms with Crippen LogP contribution < -0.4 is 10.1 Å². The van der Waals surface area contributed by atoms with Crippen LogP contribution in [0, 0.1) is 5.92 Å². The van der Waals surface area contributed by atoms with Crippen molar-refractivity contribution in [3.63, 3.8) is 0 Å². The molecule has 114 valence electrons. The largest absolute Gasteiger partial charge is 0.504 e. The second-order valence-corrected chi connectivity index (χ2v) is 5.73. The number of nitrogens with one attached hydrogen (secondary N) is 1. The van der Waals surface area contributed by atoms with Gasteiger partial charge in [-0.2, -0.15) is 0 Å². The SMILES string of the molecule is COc1cc(/C=C/C(=O)N[C@H]2CC[C@@H](C)CC2)ccc1O. The summed E-state index contributed by atoms with van der Waals surface area (Å²) in [7, 11) is 1.50. The van der Waals surface area contributed by atoms with E-state index >= 15 is 0 Å². The molecule has 0 heterocycles. The van der Waals surface area contributed by atoms with Crippen LogP contribution in [0.1, 0.15) is 38.2 Å². The van der Waals surface area contributed by atoms with Gasteiger partial charge in [0, 0.05) is 12.1 Å². The number of carbonyl (C=O) groups is 1. The second-order valence-electron chi connectivity index (χ2n) is 5.73. The highest BCUT2D eigenvalue weighted by Gasteiger charge is 2.18. The van der Waals surface area contributed by atoms with Gasteiger partial charge in [-0.25, -0.2) is 0 Å². The highest BCUT2D eigenvalue weighted by atomic mass is 16.5. The quantitative estimate of drug-likeness (QED) is 0.837. The van der Waals surface area contributed by atoms with Crippen LogP contribution in [0.3, 0.4) is 0 Å². The number of methoxy groups -OCH3 is 1. The summed E-state index contributed by atoms with van der Waals surface area (Å²) >= 11 is 0. The van der Waals surface area contributed by atoms with Gasteiger partial charge in [-0.1, -0.05) is 13.0 Å². The molecule has 0 spiro atoms. The number of benzene rings is 1. The van der Waals surface area contributed by atoms with Gasteiger partial charge in [0.1, 0.15) is 0 Å². The Morgan fingerprint density at radius 3 is 2.71 bits per heavy atom. The lowest BCUT2D eigenvalue weighted by atomic mass is 9.87. The lowest BCUT2D eigenvalue weighted by molar-refractivity contribution is -0.117. The second kappa shape index (κ2) is 7.16. The average Bonchev–Trinajstić information content (AvgIpc) is 2.49. The molecule has 1 fully saturated rings. The van der Waals surface area contributed by atoms with Gasteiger partial charge in [0.05, 0.1) is 7.11 Å². The number of aromatic hydroxyl groups is 1. The van der Waals surface area contributed by atoms with Crippen LogP contribution in [0.2, 0.25) is 0 Å². The van der Waals surface area contributed by atoms with Crippen LogP contribution in [0.15, 0.2) is 24.3 Å². The first kappa shape index (κ1) is 15.4. The molecule has 2 rings (SSSR count). The van der Waals surface area contributed by atoms with Gasteiger partial charge in [-0.05, 0) is 55.4 Å². The van der Waals surface area contributed by atoms with E-state index in [1.54, 1.807) is 24.3 Å². The fourth-order valence-corrected chi connectivity index (χ4v) is 2.62. The van der Waals surface area contributed by atoms with E-state index in [-0.39, 0.29) is 11.7 Å². The molecule has 0 atom stereocenters. The maximum absolute atomic E-state index is 11.9. The Labute approximate surface area is 125 Å². The van der Waals surface area contributed by atoms with E-state index in [9.17, 15) is 9.90 Å². The minimum absolute atomic E-state index is 0.0680. The molecule has 0 saturated heterocycles. The molecule has 1 aliphatic carbocycles. The van der Waals surface area contributed by atoms with Crippen molar-refractivity contribution in [1.29, 1.82) is 0 Å². The topological polar surface area (TPSA) is 58.6 Å². The average molecular weight is 289 g/mol. The number of carbonyl (C=O) groups excluding carboxylic acids is 1. The van der Waals surface area contributed by atoms with Crippen LogP contribution in [0.5, 0.6) is 11.5 Å². The minimum Gasteiger partial charge on any atom is -0.504 e. The molecule has 0 aromatic heterocycles. The standard InChI is InChI=1S/C17H23NO3/c1-12-3-7-14(8-4-12)18-17(20)10-6-13-5-9-15(19)16(11-13)21-2/h5-6,9-12,14,19H,3-4,7-8H2,1-2H3,(H,18,20)/b10-6+/t12-,14+. The van der Waals surface area contributed by atoms with Gasteiger partial charge < -0.3 is 15.2 Å². The van der Waals surface area contributed by atoms with Crippen LogP contribution >= 0.6 is 0 Å². The number of amides is 1. The molecule has 21 heavy (non-hydrogen) atoms. The Morgan fingerprint density at radius 1 is 1.33 bits per heavy atom. The smallest absolute Gasteiger partial charge is 0.244 e. The first-order chi connectivity index (χ1) is 10.1. The molecule has 4 heteroatoms. The Bertz CT molecular complexity index is 517. The van der Waals surface area contributed by atoms with Crippen molar-refractivity contribution < 1.29 is 14.6 Å². The van der Waals surface area contributed by atoms with Crippen molar-refractivity contribution in [3.8, 4) is 11.5 Å². The lowest BCUT2D eigenvalue weighted by Gasteiger charge is -2.26. The van der Waals surface area contributed by atoms with Crippen LogP contribution in [0.25, 0.3) is 6.08 Å². The molecular weight excluding hydrogens is 266 g/mol. The van der Waals surface area contributed by atoms with Crippen molar-refractivity contribution >= 4 is 12.0 Å². The molecule has 1 aromatic rings. The molecule has 0 unspecified atom stereocenters. The third kappa shape index (κ3) is 4.52. The van der Waals surface area contributed by atoms with E-state index in [4.69, 9.17) is 4.74 Å². The van der Waals surface area contributed by atoms with Gasteiger partial charge in [0.2, 0.25) is 5.91 Å². The highest BCUT2D eigenvalue weighted by molar-refractivity contribution is 5.92. The van der Waals surface area contributed by atoms with Crippen molar-refractivity contribution in [2.75, 3.05) is 7.11 Å². The summed E-state index contributed by atoms with van der Waals surface area (Å²) in [6.45, 7) is 2.26. The fourth-order valence-electron chi connectivity index (χ4n) is 2.62. The zero-order chi connectivity index (χ0) is 15.2. The number of ether oxygens (including phenoxy) is 1. The monoisotopic (exact) mass is 289 g/mol. The summed E-state index contributed by atoms with van der Waals surface area (Å²) in [5.74, 6) is 1.20. The predicted molar refractivity (Wildman–Crippen MR) is 83.3 cm³/mol. The van der Waals surface area contributed by atoms with E-state index in [1.807, 2.05) is 0 Å². The zero-order valence-electron chi connectivity index (χ0n) is 12.6. The van der Waals surface area contributed by atoms with Crippen LogP contribution in [-0.2, 0) is 4.79 Å². The van der Waals surface area contributed by atoms with Crippen LogP contribution in [0.4, 0.5) is 0 Å². The summed E-state index contributed by atoms with van der Waals surface area (Å²) in [4.78, 5) is 11.9. The van der Waals surface area contributed by atoms with Gasteiger partial charge in [0.25, 0.3) is 0 Å². The summed E-state index contributed by atoms with van der Waals surface area (Å²) in [5, 5.41) is 12.6. The molecule has 1 saturated carbocycles. The summed E-state index contributed by atoms with van der Waals surface area (Å²) in [6, 6.07) is 5.29. The first-order valence-corrected chi connectivity index (χ1v) is 7.44. The van der Waals surface area contributed by atoms with Gasteiger partial charge >= 0.3 is 0 Å². The molecule has 1 amide bonds. The number of hydrogen-bond donors (Lipinski definition) is 2. The predicted octanol–water partition coefficient (Wildman–Crippen LogP) is 3.11. The van der Waals surface area contributed by atoms with E-state index in [0.717, 1.165) is 24.3 Å². The minimum atomic E-state index is -0.0680. The number of hydrogen-bond acceptors (Lipinski definition) is 3. The first-order valence-electron chi connectivity index (χ1n) is 7.44. The van der Waals surface area contributed by atoms with E-state index < -0.39 is 0 Å². The van der Waals surface area contributed by atoms with Gasteiger partial charge in [0.15, 0.2) is 11.5 Å². The van der Waals surface area contributed by atoms with Gasteiger partial charge in [-0.15, -0.1) is 0 Å². The molecule has 2 N–H and O–H groups in total. The number of rotatable bonds is 4. The Morgan fingerprint density at radius 2 is 2.05 bits per heavy atom. The van der Waals surface area contributed by atoms with E-state index in [0.29, 0.717) is 11.8 Å². The summed E-state index contributed by atoms with van der Waals surface area (Å²) < 4.78 is 5.04. The van der Waals surface area contributed by atoms with Crippen LogP contribution in [-0.4, -0.2) is 24.2 Å². The van der Waals surface area contributed by atoms with E-state index in [2.05, 4.69) is 12.2 Å². The highest BCUT2D eigenvalue weighted by Crippen LogP contribution is 2.27. The molecule has 0 bridgehead atoms. The molecular formula is C17H23NO3. The van der Waals surface area contributed by atoms with Crippen molar-refractivity contribution in [1.82, 2.24) is 5.32 Å². The normalized spacial score (nSPS) is 22.2. The summed E-state index contributed by atoms with van der Waals surface area (Å²) in [5.41, 5.74) is 0.817. The Balaban J connectivity index is 1.90. The Kier molecular flexibility index (Phi) is 5.26. The summed E-state index contributed by atoms with van der Waals surface area (Å²) in [6.07, 6.45) is 7.75. The maximum Gasteiger partial charge on any atom is 0.244 e. The molecule has 0 radical (unpaired) electrons. The third-order valence-corrected chi connectivity index (χ3v) is 3.99. The Hall–Kier alpha value is -1.97. The number of phenolic OH excluding ortho intramolecular Hbond substituents is 1. The maximum atomic E-state index is 11.9. The fraction of sp³-hybridized carbons (Fsp3) is 0.471. The zero-order valence-corrected chi connectivity index (χ0v) is 12.6. The lowest BCUT2D eigenvalue weighted by Crippen LogP contribution is -2.36. The molecule has 0 aliphatic heterocycles. The molecule has 1 aliphatic rings. The van der Waals surface area contributed by atoms with Crippen molar-refractivity contribution in [3.05, 3.63) is 29.8 Å². The van der Waals surface area contributed by atoms with Gasteiger partial charge in [-0.3, -0.25) is 4.79 Å². The number of phenols is 1.